The summed E-state index contributed by atoms with van der Waals surface area (Å²) in [5.74, 6) is 0.379. The topological polar surface area (TPSA) is 55.8 Å². The van der Waals surface area contributed by atoms with E-state index >= 15 is 0 Å². The minimum absolute atomic E-state index is 0.379. The van der Waals surface area contributed by atoms with Crippen LogP contribution in [-0.4, -0.2) is 24.5 Å². The Morgan fingerprint density at radius 1 is 1.40 bits per heavy atom. The molecule has 0 aromatic heterocycles. The van der Waals surface area contributed by atoms with E-state index in [1.165, 1.54) is 0 Å². The van der Waals surface area contributed by atoms with Crippen LogP contribution in [0.15, 0.2) is 24.3 Å². The monoisotopic (exact) mass is 210 g/mol. The van der Waals surface area contributed by atoms with Crippen LogP contribution in [0.5, 0.6) is 5.75 Å². The average molecular weight is 210 g/mol. The van der Waals surface area contributed by atoms with Crippen LogP contribution in [0.2, 0.25) is 0 Å². The molecule has 0 bridgehead atoms. The smallest absolute Gasteiger partial charge is 0.449 e. The first-order valence-electron chi connectivity index (χ1n) is 4.80. The molecule has 1 rings (SSSR count). The molecule has 1 aromatic rings. The molecule has 0 aliphatic rings. The molecule has 0 aliphatic carbocycles. The van der Waals surface area contributed by atoms with Crippen molar-refractivity contribution in [1.29, 1.82) is 0 Å². The third kappa shape index (κ3) is 3.99. The first-order chi connectivity index (χ1) is 7.24. The van der Waals surface area contributed by atoms with Gasteiger partial charge >= 0.3 is 6.16 Å². The van der Waals surface area contributed by atoms with Crippen molar-refractivity contribution < 1.29 is 19.4 Å². The minimum atomic E-state index is -1.29. The van der Waals surface area contributed by atoms with Crippen LogP contribution in [0, 0.1) is 0 Å². The molecule has 0 saturated heterocycles. The van der Waals surface area contributed by atoms with Gasteiger partial charge in [-0.3, -0.25) is 0 Å². The van der Waals surface area contributed by atoms with Crippen molar-refractivity contribution >= 4 is 6.16 Å². The van der Waals surface area contributed by atoms with Crippen LogP contribution < -0.4 is 4.74 Å². The third-order valence-corrected chi connectivity index (χ3v) is 1.89. The third-order valence-electron chi connectivity index (χ3n) is 1.89. The van der Waals surface area contributed by atoms with Crippen molar-refractivity contribution in [3.63, 3.8) is 0 Å². The Kier molecular flexibility index (Phi) is 4.63. The summed E-state index contributed by atoms with van der Waals surface area (Å²) >= 11 is 0. The fourth-order valence-corrected chi connectivity index (χ4v) is 1.23. The Hall–Kier alpha value is -1.55. The Labute approximate surface area is 88.4 Å². The number of carbonyl (C=O) groups is 1. The standard InChI is InChI=1S/C11H14O4/c1-2-14-8-7-9-5-3-4-6-10(9)15-11(12)13/h3-6H,2,7-8H2,1H3,(H,12,13). The Morgan fingerprint density at radius 3 is 2.80 bits per heavy atom. The van der Waals surface area contributed by atoms with E-state index in [1.54, 1.807) is 12.1 Å². The van der Waals surface area contributed by atoms with E-state index < -0.39 is 6.16 Å². The molecular weight excluding hydrogens is 196 g/mol. The van der Waals surface area contributed by atoms with E-state index in [0.29, 0.717) is 25.4 Å². The number of carboxylic acid groups (broad SMARTS) is 1. The molecule has 0 radical (unpaired) electrons. The summed E-state index contributed by atoms with van der Waals surface area (Å²) in [6.45, 7) is 3.14. The summed E-state index contributed by atoms with van der Waals surface area (Å²) in [6, 6.07) is 7.05. The lowest BCUT2D eigenvalue weighted by Crippen LogP contribution is -2.06. The zero-order valence-electron chi connectivity index (χ0n) is 8.60. The zero-order valence-corrected chi connectivity index (χ0v) is 8.60. The fraction of sp³-hybridized carbons (Fsp3) is 0.364. The molecule has 0 atom stereocenters. The maximum Gasteiger partial charge on any atom is 0.511 e. The van der Waals surface area contributed by atoms with Crippen molar-refractivity contribution in [2.45, 2.75) is 13.3 Å². The van der Waals surface area contributed by atoms with Crippen LogP contribution in [0.3, 0.4) is 0 Å². The van der Waals surface area contributed by atoms with Gasteiger partial charge in [-0.1, -0.05) is 18.2 Å². The van der Waals surface area contributed by atoms with E-state index in [-0.39, 0.29) is 0 Å². The Morgan fingerprint density at radius 2 is 2.13 bits per heavy atom. The van der Waals surface area contributed by atoms with Gasteiger partial charge in [0.2, 0.25) is 0 Å². The molecule has 1 aromatic carbocycles. The van der Waals surface area contributed by atoms with Gasteiger partial charge in [-0.05, 0) is 25.0 Å². The van der Waals surface area contributed by atoms with Crippen molar-refractivity contribution in [2.24, 2.45) is 0 Å². The van der Waals surface area contributed by atoms with Crippen LogP contribution in [-0.2, 0) is 11.2 Å². The second-order valence-corrected chi connectivity index (χ2v) is 2.92. The summed E-state index contributed by atoms with van der Waals surface area (Å²) in [5, 5.41) is 8.51. The molecule has 82 valence electrons. The van der Waals surface area contributed by atoms with Crippen LogP contribution >= 0.6 is 0 Å². The highest BCUT2D eigenvalue weighted by Crippen LogP contribution is 2.18. The molecule has 0 aliphatic heterocycles. The average Bonchev–Trinajstić information content (AvgIpc) is 2.20. The Balaban J connectivity index is 2.64. The highest BCUT2D eigenvalue weighted by molar-refractivity contribution is 5.62. The number of ether oxygens (including phenoxy) is 2. The lowest BCUT2D eigenvalue weighted by molar-refractivity contribution is 0.140. The number of benzene rings is 1. The van der Waals surface area contributed by atoms with Crippen LogP contribution in [0.1, 0.15) is 12.5 Å². The van der Waals surface area contributed by atoms with Crippen molar-refractivity contribution in [3.05, 3.63) is 29.8 Å². The molecular formula is C11H14O4. The van der Waals surface area contributed by atoms with Gasteiger partial charge in [-0.15, -0.1) is 0 Å². The number of rotatable bonds is 5. The van der Waals surface area contributed by atoms with Gasteiger partial charge in [0.25, 0.3) is 0 Å². The van der Waals surface area contributed by atoms with Gasteiger partial charge in [-0.2, -0.15) is 0 Å². The number of hydrogen-bond donors (Lipinski definition) is 1. The summed E-state index contributed by atoms with van der Waals surface area (Å²) in [6.07, 6.45) is -0.643. The predicted octanol–water partition coefficient (Wildman–Crippen LogP) is 2.32. The molecule has 0 spiro atoms. The van der Waals surface area contributed by atoms with Crippen molar-refractivity contribution in [3.8, 4) is 5.75 Å². The fourth-order valence-electron chi connectivity index (χ4n) is 1.23. The second-order valence-electron chi connectivity index (χ2n) is 2.92. The van der Waals surface area contributed by atoms with Gasteiger partial charge < -0.3 is 14.6 Å². The molecule has 0 amide bonds. The maximum atomic E-state index is 10.4. The van der Waals surface area contributed by atoms with Gasteiger partial charge in [-0.25, -0.2) is 4.79 Å². The van der Waals surface area contributed by atoms with E-state index in [1.807, 2.05) is 19.1 Å². The van der Waals surface area contributed by atoms with E-state index in [0.717, 1.165) is 5.56 Å². The van der Waals surface area contributed by atoms with Crippen molar-refractivity contribution in [1.82, 2.24) is 0 Å². The van der Waals surface area contributed by atoms with Gasteiger partial charge in [0.1, 0.15) is 5.75 Å². The highest BCUT2D eigenvalue weighted by atomic mass is 16.7. The molecule has 1 N–H and O–H groups in total. The molecule has 0 saturated carbocycles. The van der Waals surface area contributed by atoms with Crippen LogP contribution in [0.25, 0.3) is 0 Å². The molecule has 15 heavy (non-hydrogen) atoms. The Bertz CT molecular complexity index is 322. The highest BCUT2D eigenvalue weighted by Gasteiger charge is 2.06. The van der Waals surface area contributed by atoms with Gasteiger partial charge in [0, 0.05) is 6.61 Å². The molecule has 0 heterocycles. The lowest BCUT2D eigenvalue weighted by Gasteiger charge is -2.07. The normalized spacial score (nSPS) is 9.93. The quantitative estimate of drug-likeness (QED) is 0.460. The molecule has 0 unspecified atom stereocenters. The number of para-hydroxylation sites is 1. The second kappa shape index (κ2) is 6.03. The summed E-state index contributed by atoms with van der Waals surface area (Å²) in [4.78, 5) is 10.4. The van der Waals surface area contributed by atoms with Crippen molar-refractivity contribution in [2.75, 3.05) is 13.2 Å². The van der Waals surface area contributed by atoms with Gasteiger partial charge in [0.15, 0.2) is 0 Å². The minimum Gasteiger partial charge on any atom is -0.449 e. The SMILES string of the molecule is CCOCCc1ccccc1OC(=O)O. The summed E-state index contributed by atoms with van der Waals surface area (Å²) in [7, 11) is 0. The first kappa shape index (κ1) is 11.5. The first-order valence-corrected chi connectivity index (χ1v) is 4.80. The van der Waals surface area contributed by atoms with E-state index in [4.69, 9.17) is 9.84 Å². The largest absolute Gasteiger partial charge is 0.511 e. The van der Waals surface area contributed by atoms with Gasteiger partial charge in [0.05, 0.1) is 6.61 Å². The lowest BCUT2D eigenvalue weighted by atomic mass is 10.1. The predicted molar refractivity (Wildman–Crippen MR) is 55.3 cm³/mol. The van der Waals surface area contributed by atoms with E-state index in [2.05, 4.69) is 4.74 Å². The molecule has 0 fully saturated rings. The zero-order chi connectivity index (χ0) is 11.1. The van der Waals surface area contributed by atoms with Crippen LogP contribution in [0.4, 0.5) is 4.79 Å². The molecule has 4 nitrogen and oxygen atoms in total. The maximum absolute atomic E-state index is 10.4. The summed E-state index contributed by atoms with van der Waals surface area (Å²) < 4.78 is 9.83. The summed E-state index contributed by atoms with van der Waals surface area (Å²) in [5.41, 5.74) is 0.841. The van der Waals surface area contributed by atoms with E-state index in [9.17, 15) is 4.79 Å². The number of hydrogen-bond acceptors (Lipinski definition) is 3. The molecule has 4 heteroatoms.